The molecule has 0 saturated heterocycles. The van der Waals surface area contributed by atoms with Crippen LogP contribution in [0, 0.1) is 5.92 Å². The Labute approximate surface area is 101 Å². The number of oxazole rings is 1. The summed E-state index contributed by atoms with van der Waals surface area (Å²) in [7, 11) is 0. The van der Waals surface area contributed by atoms with Crippen molar-refractivity contribution in [1.82, 2.24) is 4.98 Å². The van der Waals surface area contributed by atoms with E-state index in [1.54, 1.807) is 0 Å². The monoisotopic (exact) mass is 249 g/mol. The van der Waals surface area contributed by atoms with Crippen molar-refractivity contribution in [3.8, 4) is 0 Å². The molecule has 0 spiro atoms. The zero-order valence-corrected chi connectivity index (χ0v) is 9.60. The van der Waals surface area contributed by atoms with Crippen LogP contribution in [0.2, 0.25) is 0 Å². The Hall–Kier alpha value is -2.37. The number of carboxylic acids is 1. The molecule has 1 heterocycles. The Morgan fingerprint density at radius 3 is 2.83 bits per heavy atom. The molecule has 0 amide bonds. The molecule has 94 valence electrons. The first-order chi connectivity index (χ1) is 8.47. The average molecular weight is 249 g/mol. The van der Waals surface area contributed by atoms with Crippen molar-refractivity contribution < 1.29 is 19.1 Å². The summed E-state index contributed by atoms with van der Waals surface area (Å²) in [5, 5.41) is 8.74. The first-order valence-electron chi connectivity index (χ1n) is 5.36. The predicted octanol–water partition coefficient (Wildman–Crippen LogP) is 1.41. The summed E-state index contributed by atoms with van der Waals surface area (Å²) in [6.45, 7) is 1.47. The second-order valence-electron chi connectivity index (χ2n) is 4.09. The van der Waals surface area contributed by atoms with Gasteiger partial charge in [-0.15, -0.1) is 0 Å². The Morgan fingerprint density at radius 1 is 1.44 bits per heavy atom. The van der Waals surface area contributed by atoms with Gasteiger partial charge in [-0.25, -0.2) is 4.79 Å². The number of carbonyl (C=O) groups is 2. The number of carboxylic acid groups (broad SMARTS) is 1. The van der Waals surface area contributed by atoms with Crippen LogP contribution >= 0.6 is 0 Å². The predicted molar refractivity (Wildman–Crippen MR) is 62.6 cm³/mol. The lowest BCUT2D eigenvalue weighted by molar-refractivity contribution is -0.141. The maximum absolute atomic E-state index is 11.8. The second kappa shape index (κ2) is 4.48. The number of hydrogen-bond donors (Lipinski definition) is 2. The van der Waals surface area contributed by atoms with E-state index in [-0.39, 0.29) is 12.2 Å². The molecule has 2 N–H and O–H groups in total. The molecule has 1 atom stereocenters. The van der Waals surface area contributed by atoms with E-state index in [4.69, 9.17) is 9.52 Å². The van der Waals surface area contributed by atoms with E-state index in [2.05, 4.69) is 4.98 Å². The van der Waals surface area contributed by atoms with Gasteiger partial charge < -0.3 is 9.52 Å². The van der Waals surface area contributed by atoms with Crippen LogP contribution in [0.1, 0.15) is 23.7 Å². The summed E-state index contributed by atoms with van der Waals surface area (Å²) >= 11 is 0. The Bertz CT molecular complexity index is 666. The molecule has 1 unspecified atom stereocenters. The Balaban J connectivity index is 2.27. The average Bonchev–Trinajstić information content (AvgIpc) is 2.67. The van der Waals surface area contributed by atoms with Gasteiger partial charge in [-0.05, 0) is 18.2 Å². The summed E-state index contributed by atoms with van der Waals surface area (Å²) in [5.41, 5.74) is 1.14. The molecule has 0 aliphatic carbocycles. The number of rotatable bonds is 4. The molecule has 0 radical (unpaired) electrons. The van der Waals surface area contributed by atoms with Gasteiger partial charge in [0.1, 0.15) is 0 Å². The van der Waals surface area contributed by atoms with E-state index in [9.17, 15) is 14.4 Å². The molecule has 6 heteroatoms. The van der Waals surface area contributed by atoms with Crippen LogP contribution in [0.4, 0.5) is 0 Å². The second-order valence-corrected chi connectivity index (χ2v) is 4.09. The lowest BCUT2D eigenvalue weighted by Crippen LogP contribution is -2.14. The molecular weight excluding hydrogens is 238 g/mol. The Morgan fingerprint density at radius 2 is 2.17 bits per heavy atom. The van der Waals surface area contributed by atoms with E-state index in [0.717, 1.165) is 0 Å². The van der Waals surface area contributed by atoms with Gasteiger partial charge in [0.2, 0.25) is 0 Å². The number of aromatic amines is 1. The maximum Gasteiger partial charge on any atom is 0.417 e. The van der Waals surface area contributed by atoms with Gasteiger partial charge in [-0.3, -0.25) is 14.6 Å². The minimum atomic E-state index is -1.01. The van der Waals surface area contributed by atoms with Gasteiger partial charge in [0.25, 0.3) is 0 Å². The van der Waals surface area contributed by atoms with Crippen LogP contribution in [-0.2, 0) is 4.79 Å². The number of ketones is 1. The molecule has 1 aromatic carbocycles. The molecule has 18 heavy (non-hydrogen) atoms. The van der Waals surface area contributed by atoms with Gasteiger partial charge in [-0.1, -0.05) is 6.92 Å². The van der Waals surface area contributed by atoms with Gasteiger partial charge in [0.05, 0.1) is 11.4 Å². The molecular formula is C12H11NO5. The number of benzene rings is 1. The third-order valence-electron chi connectivity index (χ3n) is 2.65. The molecule has 1 aromatic heterocycles. The zero-order chi connectivity index (χ0) is 13.3. The molecule has 2 aromatic rings. The number of nitrogens with one attached hydrogen (secondary N) is 1. The molecule has 0 fully saturated rings. The fraction of sp³-hybridized carbons (Fsp3) is 0.250. The lowest BCUT2D eigenvalue weighted by Gasteiger charge is -2.04. The van der Waals surface area contributed by atoms with E-state index in [1.807, 2.05) is 0 Å². The maximum atomic E-state index is 11.8. The van der Waals surface area contributed by atoms with Crippen LogP contribution in [0.5, 0.6) is 0 Å². The van der Waals surface area contributed by atoms with Crippen molar-refractivity contribution in [1.29, 1.82) is 0 Å². The standard InChI is InChI=1S/C12H11NO5/c1-6(11(15)16)4-9(14)7-2-3-10-8(5-7)13-12(17)18-10/h2-3,5-6H,4H2,1H3,(H,13,17)(H,15,16). The molecule has 0 aliphatic heterocycles. The van der Waals surface area contributed by atoms with E-state index >= 15 is 0 Å². The number of carbonyl (C=O) groups excluding carboxylic acids is 1. The molecule has 0 bridgehead atoms. The lowest BCUT2D eigenvalue weighted by atomic mass is 10.00. The highest BCUT2D eigenvalue weighted by molar-refractivity contribution is 6.00. The summed E-state index contributed by atoms with van der Waals surface area (Å²) in [6, 6.07) is 4.50. The minimum Gasteiger partial charge on any atom is -0.481 e. The summed E-state index contributed by atoms with van der Waals surface area (Å²) in [5.74, 6) is -2.62. The first-order valence-corrected chi connectivity index (χ1v) is 5.36. The SMILES string of the molecule is CC(CC(=O)c1ccc2oc(=O)[nH]c2c1)C(=O)O. The first kappa shape index (κ1) is 12.1. The zero-order valence-electron chi connectivity index (χ0n) is 9.60. The molecule has 2 rings (SSSR count). The Kier molecular flexibility index (Phi) is 3.01. The highest BCUT2D eigenvalue weighted by Gasteiger charge is 2.17. The van der Waals surface area contributed by atoms with Crippen molar-refractivity contribution in [3.05, 3.63) is 34.3 Å². The van der Waals surface area contributed by atoms with Gasteiger partial charge in [0, 0.05) is 12.0 Å². The number of hydrogen-bond acceptors (Lipinski definition) is 4. The summed E-state index contributed by atoms with van der Waals surface area (Å²) in [4.78, 5) is 35.9. The molecule has 0 aliphatic rings. The van der Waals surface area contributed by atoms with E-state index < -0.39 is 17.6 Å². The number of fused-ring (bicyclic) bond motifs is 1. The molecule has 6 nitrogen and oxygen atoms in total. The third-order valence-corrected chi connectivity index (χ3v) is 2.65. The van der Waals surface area contributed by atoms with Crippen molar-refractivity contribution in [2.75, 3.05) is 0 Å². The van der Waals surface area contributed by atoms with Gasteiger partial charge in [0.15, 0.2) is 11.4 Å². The topological polar surface area (TPSA) is 100 Å². The highest BCUT2D eigenvalue weighted by Crippen LogP contribution is 2.15. The quantitative estimate of drug-likeness (QED) is 0.798. The van der Waals surface area contributed by atoms with Gasteiger partial charge >= 0.3 is 11.7 Å². The van der Waals surface area contributed by atoms with E-state index in [1.165, 1.54) is 25.1 Å². The largest absolute Gasteiger partial charge is 0.481 e. The fourth-order valence-electron chi connectivity index (χ4n) is 1.61. The van der Waals surface area contributed by atoms with Crippen molar-refractivity contribution in [2.45, 2.75) is 13.3 Å². The minimum absolute atomic E-state index is 0.0804. The number of aliphatic carboxylic acids is 1. The highest BCUT2D eigenvalue weighted by atomic mass is 16.4. The van der Waals surface area contributed by atoms with Crippen LogP contribution in [-0.4, -0.2) is 21.8 Å². The van der Waals surface area contributed by atoms with Crippen LogP contribution < -0.4 is 5.76 Å². The van der Waals surface area contributed by atoms with Crippen LogP contribution in [0.3, 0.4) is 0 Å². The number of aromatic nitrogens is 1. The smallest absolute Gasteiger partial charge is 0.417 e. The van der Waals surface area contributed by atoms with E-state index in [0.29, 0.717) is 16.7 Å². The van der Waals surface area contributed by atoms with Crippen LogP contribution in [0.25, 0.3) is 11.1 Å². The number of Topliss-reactive ketones (excluding diaryl/α,β-unsaturated/α-hetero) is 1. The summed E-state index contributed by atoms with van der Waals surface area (Å²) in [6.07, 6.45) is -0.0804. The van der Waals surface area contributed by atoms with Crippen molar-refractivity contribution in [2.24, 2.45) is 5.92 Å². The third kappa shape index (κ3) is 2.32. The normalized spacial score (nSPS) is 12.5. The van der Waals surface area contributed by atoms with Crippen molar-refractivity contribution in [3.63, 3.8) is 0 Å². The van der Waals surface area contributed by atoms with Gasteiger partial charge in [-0.2, -0.15) is 0 Å². The van der Waals surface area contributed by atoms with Crippen molar-refractivity contribution >= 4 is 22.9 Å². The number of H-pyrrole nitrogens is 1. The summed E-state index contributed by atoms with van der Waals surface area (Å²) < 4.78 is 4.81. The van der Waals surface area contributed by atoms with Crippen LogP contribution in [0.15, 0.2) is 27.4 Å². The fourth-order valence-corrected chi connectivity index (χ4v) is 1.61. The molecule has 0 saturated carbocycles.